The second kappa shape index (κ2) is 7.81. The van der Waals surface area contributed by atoms with Gasteiger partial charge in [0.25, 0.3) is 0 Å². The molecule has 1 aliphatic heterocycles. The minimum atomic E-state index is 0.770. The van der Waals surface area contributed by atoms with Crippen molar-refractivity contribution >= 4 is 16.7 Å². The predicted octanol–water partition coefficient (Wildman–Crippen LogP) is 2.96. The van der Waals surface area contributed by atoms with Crippen molar-refractivity contribution in [3.8, 4) is 11.4 Å². The second-order valence-corrected chi connectivity index (χ2v) is 6.85. The van der Waals surface area contributed by atoms with E-state index in [1.165, 1.54) is 0 Å². The number of nitrogens with one attached hydrogen (secondary N) is 1. The van der Waals surface area contributed by atoms with Gasteiger partial charge in [-0.25, -0.2) is 9.97 Å². The fourth-order valence-corrected chi connectivity index (χ4v) is 3.33. The molecule has 5 heteroatoms. The lowest BCUT2D eigenvalue weighted by Crippen LogP contribution is -2.45. The van der Waals surface area contributed by atoms with Crippen molar-refractivity contribution in [3.05, 3.63) is 54.6 Å². The molecule has 26 heavy (non-hydrogen) atoms. The molecule has 2 heterocycles. The third kappa shape index (κ3) is 3.84. The molecular weight excluding hydrogens is 322 g/mol. The SMILES string of the molecule is CN1CCN(CCNc2nc(-c3ccccc3)nc3ccccc23)CC1. The molecule has 2 aromatic carbocycles. The lowest BCUT2D eigenvalue weighted by atomic mass is 10.2. The molecular formula is C21H25N5. The molecule has 0 radical (unpaired) electrons. The Bertz CT molecular complexity index is 857. The van der Waals surface area contributed by atoms with E-state index in [1.54, 1.807) is 0 Å². The van der Waals surface area contributed by atoms with Crippen LogP contribution in [0, 0.1) is 0 Å². The number of anilines is 1. The largest absolute Gasteiger partial charge is 0.368 e. The Morgan fingerprint density at radius 2 is 1.62 bits per heavy atom. The first kappa shape index (κ1) is 16.9. The maximum absolute atomic E-state index is 4.82. The Kier molecular flexibility index (Phi) is 5.09. The van der Waals surface area contributed by atoms with E-state index in [2.05, 4.69) is 46.4 Å². The van der Waals surface area contributed by atoms with Gasteiger partial charge in [-0.1, -0.05) is 42.5 Å². The van der Waals surface area contributed by atoms with Gasteiger partial charge in [0.15, 0.2) is 5.82 Å². The summed E-state index contributed by atoms with van der Waals surface area (Å²) in [7, 11) is 2.19. The fourth-order valence-electron chi connectivity index (χ4n) is 3.33. The zero-order chi connectivity index (χ0) is 17.8. The third-order valence-corrected chi connectivity index (χ3v) is 4.95. The molecule has 0 saturated carbocycles. The van der Waals surface area contributed by atoms with Gasteiger partial charge >= 0.3 is 0 Å². The van der Waals surface area contributed by atoms with Crippen LogP contribution in [0.4, 0.5) is 5.82 Å². The summed E-state index contributed by atoms with van der Waals surface area (Å²) in [5.74, 6) is 1.69. The van der Waals surface area contributed by atoms with Crippen molar-refractivity contribution in [1.29, 1.82) is 0 Å². The van der Waals surface area contributed by atoms with Crippen LogP contribution in [0.2, 0.25) is 0 Å². The highest BCUT2D eigenvalue weighted by molar-refractivity contribution is 5.90. The highest BCUT2D eigenvalue weighted by atomic mass is 15.2. The van der Waals surface area contributed by atoms with Crippen molar-refractivity contribution < 1.29 is 0 Å². The van der Waals surface area contributed by atoms with Crippen molar-refractivity contribution in [2.75, 3.05) is 51.6 Å². The lowest BCUT2D eigenvalue weighted by molar-refractivity contribution is 0.158. The van der Waals surface area contributed by atoms with E-state index in [0.29, 0.717) is 0 Å². The zero-order valence-electron chi connectivity index (χ0n) is 15.2. The van der Waals surface area contributed by atoms with Crippen LogP contribution >= 0.6 is 0 Å². The zero-order valence-corrected chi connectivity index (χ0v) is 15.2. The van der Waals surface area contributed by atoms with Gasteiger partial charge in [0.1, 0.15) is 5.82 Å². The number of benzene rings is 2. The van der Waals surface area contributed by atoms with Gasteiger partial charge in [-0.3, -0.25) is 4.90 Å². The van der Waals surface area contributed by atoms with Crippen LogP contribution in [0.15, 0.2) is 54.6 Å². The molecule has 0 spiro atoms. The smallest absolute Gasteiger partial charge is 0.162 e. The fraction of sp³-hybridized carbons (Fsp3) is 0.333. The summed E-state index contributed by atoms with van der Waals surface area (Å²) in [6, 6.07) is 18.4. The van der Waals surface area contributed by atoms with E-state index in [4.69, 9.17) is 9.97 Å². The van der Waals surface area contributed by atoms with Gasteiger partial charge in [0, 0.05) is 50.2 Å². The maximum Gasteiger partial charge on any atom is 0.162 e. The Balaban J connectivity index is 1.53. The average Bonchev–Trinajstić information content (AvgIpc) is 2.70. The summed E-state index contributed by atoms with van der Waals surface area (Å²) < 4.78 is 0. The van der Waals surface area contributed by atoms with Gasteiger partial charge < -0.3 is 10.2 Å². The molecule has 0 aliphatic carbocycles. The highest BCUT2D eigenvalue weighted by Crippen LogP contribution is 2.24. The number of fused-ring (bicyclic) bond motifs is 1. The van der Waals surface area contributed by atoms with Crippen LogP contribution < -0.4 is 5.32 Å². The van der Waals surface area contributed by atoms with Gasteiger partial charge in [-0.15, -0.1) is 0 Å². The molecule has 1 aliphatic rings. The maximum atomic E-state index is 4.82. The minimum absolute atomic E-state index is 0.770. The summed E-state index contributed by atoms with van der Waals surface area (Å²) in [5, 5.41) is 4.62. The summed E-state index contributed by atoms with van der Waals surface area (Å²) in [6.07, 6.45) is 0. The van der Waals surface area contributed by atoms with Crippen molar-refractivity contribution in [1.82, 2.24) is 19.8 Å². The molecule has 3 aromatic rings. The van der Waals surface area contributed by atoms with E-state index in [-0.39, 0.29) is 0 Å². The minimum Gasteiger partial charge on any atom is -0.368 e. The third-order valence-electron chi connectivity index (χ3n) is 4.95. The van der Waals surface area contributed by atoms with Crippen LogP contribution in [0.3, 0.4) is 0 Å². The summed E-state index contributed by atoms with van der Waals surface area (Å²) >= 11 is 0. The van der Waals surface area contributed by atoms with Gasteiger partial charge in [-0.2, -0.15) is 0 Å². The molecule has 1 saturated heterocycles. The Labute approximate surface area is 154 Å². The quantitative estimate of drug-likeness (QED) is 0.769. The number of para-hydroxylation sites is 1. The van der Waals surface area contributed by atoms with Crippen LogP contribution in [0.5, 0.6) is 0 Å². The molecule has 0 atom stereocenters. The Morgan fingerprint density at radius 3 is 2.42 bits per heavy atom. The molecule has 4 rings (SSSR count). The Morgan fingerprint density at radius 1 is 0.885 bits per heavy atom. The van der Waals surface area contributed by atoms with Crippen molar-refractivity contribution in [2.24, 2.45) is 0 Å². The summed E-state index contributed by atoms with van der Waals surface area (Å²) in [4.78, 5) is 14.5. The summed E-state index contributed by atoms with van der Waals surface area (Å²) in [6.45, 7) is 6.49. The van der Waals surface area contributed by atoms with E-state index >= 15 is 0 Å². The number of likely N-dealkylation sites (N-methyl/N-ethyl adjacent to an activating group) is 1. The number of rotatable bonds is 5. The number of aromatic nitrogens is 2. The second-order valence-electron chi connectivity index (χ2n) is 6.85. The molecule has 0 amide bonds. The Hall–Kier alpha value is -2.50. The van der Waals surface area contributed by atoms with Crippen LogP contribution in [-0.2, 0) is 0 Å². The standard InChI is InChI=1S/C21H25N5/c1-25-13-15-26(16-14-25)12-11-22-21-18-9-5-6-10-19(18)23-20(24-21)17-7-3-2-4-8-17/h2-10H,11-16H2,1H3,(H,22,23,24). The topological polar surface area (TPSA) is 44.3 Å². The first-order valence-corrected chi connectivity index (χ1v) is 9.26. The molecule has 1 aromatic heterocycles. The van der Waals surface area contributed by atoms with Crippen molar-refractivity contribution in [3.63, 3.8) is 0 Å². The molecule has 0 bridgehead atoms. The molecule has 5 nitrogen and oxygen atoms in total. The normalized spacial score (nSPS) is 16.0. The molecule has 1 fully saturated rings. The van der Waals surface area contributed by atoms with E-state index < -0.39 is 0 Å². The van der Waals surface area contributed by atoms with Crippen molar-refractivity contribution in [2.45, 2.75) is 0 Å². The molecule has 0 unspecified atom stereocenters. The monoisotopic (exact) mass is 347 g/mol. The molecule has 134 valence electrons. The van der Waals surface area contributed by atoms with Crippen LogP contribution in [0.1, 0.15) is 0 Å². The number of piperazine rings is 1. The van der Waals surface area contributed by atoms with Gasteiger partial charge in [-0.05, 0) is 19.2 Å². The van der Waals surface area contributed by atoms with E-state index in [1.807, 2.05) is 30.3 Å². The summed E-state index contributed by atoms with van der Waals surface area (Å²) in [5.41, 5.74) is 2.02. The number of nitrogens with zero attached hydrogens (tertiary/aromatic N) is 4. The highest BCUT2D eigenvalue weighted by Gasteiger charge is 2.14. The number of hydrogen-bond donors (Lipinski definition) is 1. The van der Waals surface area contributed by atoms with E-state index in [9.17, 15) is 0 Å². The van der Waals surface area contributed by atoms with E-state index in [0.717, 1.165) is 67.4 Å². The molecule has 1 N–H and O–H groups in total. The van der Waals surface area contributed by atoms with Crippen LogP contribution in [-0.4, -0.2) is 66.1 Å². The van der Waals surface area contributed by atoms with Gasteiger partial charge in [0.2, 0.25) is 0 Å². The first-order chi connectivity index (χ1) is 12.8. The number of hydrogen-bond acceptors (Lipinski definition) is 5. The van der Waals surface area contributed by atoms with Crippen LogP contribution in [0.25, 0.3) is 22.3 Å². The lowest BCUT2D eigenvalue weighted by Gasteiger charge is -2.32. The average molecular weight is 347 g/mol. The predicted molar refractivity (Wildman–Crippen MR) is 107 cm³/mol. The van der Waals surface area contributed by atoms with Gasteiger partial charge in [0.05, 0.1) is 5.52 Å². The first-order valence-electron chi connectivity index (χ1n) is 9.26.